The van der Waals surface area contributed by atoms with Gasteiger partial charge in [-0.1, -0.05) is 23.4 Å². The molecule has 0 spiro atoms. The van der Waals surface area contributed by atoms with Gasteiger partial charge in [0.2, 0.25) is 11.1 Å². The number of rotatable bonds is 4. The van der Waals surface area contributed by atoms with Gasteiger partial charge in [-0.2, -0.15) is 0 Å². The SMILES string of the molecule is Cc1nc(SCC(=O)Nc2ccc(F)c(Cl)c2)n[nH]1. The zero-order chi connectivity index (χ0) is 13.8. The van der Waals surface area contributed by atoms with Crippen molar-refractivity contribution in [2.75, 3.05) is 11.1 Å². The zero-order valence-corrected chi connectivity index (χ0v) is 11.5. The quantitative estimate of drug-likeness (QED) is 0.852. The second-order valence-electron chi connectivity index (χ2n) is 3.67. The van der Waals surface area contributed by atoms with Gasteiger partial charge >= 0.3 is 0 Å². The van der Waals surface area contributed by atoms with E-state index in [0.717, 1.165) is 0 Å². The van der Waals surface area contributed by atoms with E-state index in [9.17, 15) is 9.18 Å². The molecule has 0 radical (unpaired) electrons. The molecule has 0 aliphatic heterocycles. The molecule has 1 amide bonds. The number of H-pyrrole nitrogens is 1. The van der Waals surface area contributed by atoms with Crippen LogP contribution in [0, 0.1) is 12.7 Å². The molecule has 0 unspecified atom stereocenters. The summed E-state index contributed by atoms with van der Waals surface area (Å²) in [6.07, 6.45) is 0. The highest BCUT2D eigenvalue weighted by atomic mass is 35.5. The van der Waals surface area contributed by atoms with Crippen LogP contribution in [0.4, 0.5) is 10.1 Å². The largest absolute Gasteiger partial charge is 0.325 e. The summed E-state index contributed by atoms with van der Waals surface area (Å²) in [5.41, 5.74) is 0.447. The Labute approximate surface area is 118 Å². The minimum atomic E-state index is -0.523. The van der Waals surface area contributed by atoms with Crippen LogP contribution in [0.15, 0.2) is 23.4 Å². The van der Waals surface area contributed by atoms with Gasteiger partial charge in [0, 0.05) is 5.69 Å². The molecule has 2 rings (SSSR count). The zero-order valence-electron chi connectivity index (χ0n) is 9.91. The fourth-order valence-electron chi connectivity index (χ4n) is 1.29. The maximum absolute atomic E-state index is 12.9. The molecule has 0 fully saturated rings. The summed E-state index contributed by atoms with van der Waals surface area (Å²) in [6.45, 7) is 1.78. The van der Waals surface area contributed by atoms with E-state index < -0.39 is 5.82 Å². The number of aromatic nitrogens is 3. The van der Waals surface area contributed by atoms with E-state index in [0.29, 0.717) is 16.7 Å². The van der Waals surface area contributed by atoms with Gasteiger partial charge in [-0.15, -0.1) is 5.10 Å². The molecule has 1 aromatic heterocycles. The number of halogens is 2. The fraction of sp³-hybridized carbons (Fsp3) is 0.182. The third-order valence-corrected chi connectivity index (χ3v) is 3.25. The topological polar surface area (TPSA) is 70.7 Å². The summed E-state index contributed by atoms with van der Waals surface area (Å²) in [6, 6.07) is 4.00. The molecule has 0 atom stereocenters. The summed E-state index contributed by atoms with van der Waals surface area (Å²) < 4.78 is 12.9. The highest BCUT2D eigenvalue weighted by Gasteiger charge is 2.08. The van der Waals surface area contributed by atoms with E-state index in [1.165, 1.54) is 30.0 Å². The number of anilines is 1. The summed E-state index contributed by atoms with van der Waals surface area (Å²) in [5, 5.41) is 9.66. The monoisotopic (exact) mass is 300 g/mol. The lowest BCUT2D eigenvalue weighted by molar-refractivity contribution is -0.113. The van der Waals surface area contributed by atoms with Gasteiger partial charge < -0.3 is 5.32 Å². The molecule has 0 saturated carbocycles. The first-order valence-electron chi connectivity index (χ1n) is 5.31. The Morgan fingerprint density at radius 1 is 1.58 bits per heavy atom. The van der Waals surface area contributed by atoms with Crippen molar-refractivity contribution >= 4 is 35.0 Å². The maximum atomic E-state index is 12.9. The van der Waals surface area contributed by atoms with Crippen LogP contribution in [0.1, 0.15) is 5.82 Å². The Balaban J connectivity index is 1.88. The normalized spacial score (nSPS) is 10.5. The van der Waals surface area contributed by atoms with Crippen molar-refractivity contribution < 1.29 is 9.18 Å². The number of nitrogens with one attached hydrogen (secondary N) is 2. The number of benzene rings is 1. The van der Waals surface area contributed by atoms with Gasteiger partial charge in [0.25, 0.3) is 0 Å². The van der Waals surface area contributed by atoms with Crippen molar-refractivity contribution in [2.45, 2.75) is 12.1 Å². The Morgan fingerprint density at radius 2 is 2.37 bits per heavy atom. The number of carbonyl (C=O) groups is 1. The van der Waals surface area contributed by atoms with Crippen LogP contribution < -0.4 is 5.32 Å². The summed E-state index contributed by atoms with van der Waals surface area (Å²) in [4.78, 5) is 15.7. The van der Waals surface area contributed by atoms with Crippen molar-refractivity contribution in [3.8, 4) is 0 Å². The number of amides is 1. The maximum Gasteiger partial charge on any atom is 0.234 e. The van der Waals surface area contributed by atoms with Crippen LogP contribution in [0.3, 0.4) is 0 Å². The molecule has 5 nitrogen and oxygen atoms in total. The van der Waals surface area contributed by atoms with E-state index in [4.69, 9.17) is 11.6 Å². The molecule has 0 bridgehead atoms. The summed E-state index contributed by atoms with van der Waals surface area (Å²) in [5.74, 6) is 0.0836. The lowest BCUT2D eigenvalue weighted by Crippen LogP contribution is -2.14. The number of hydrogen-bond acceptors (Lipinski definition) is 4. The second kappa shape index (κ2) is 6.03. The van der Waals surface area contributed by atoms with E-state index in [2.05, 4.69) is 20.5 Å². The molecule has 1 heterocycles. The minimum absolute atomic E-state index is 0.0324. The van der Waals surface area contributed by atoms with Gasteiger partial charge in [0.05, 0.1) is 10.8 Å². The molecule has 100 valence electrons. The minimum Gasteiger partial charge on any atom is -0.325 e. The molecule has 0 saturated heterocycles. The number of aryl methyl sites for hydroxylation is 1. The van der Waals surface area contributed by atoms with Crippen molar-refractivity contribution in [3.63, 3.8) is 0 Å². The molecular formula is C11H10ClFN4OS. The van der Waals surface area contributed by atoms with E-state index >= 15 is 0 Å². The lowest BCUT2D eigenvalue weighted by atomic mass is 10.3. The van der Waals surface area contributed by atoms with Crippen LogP contribution in [0.25, 0.3) is 0 Å². The number of aromatic amines is 1. The molecular weight excluding hydrogens is 291 g/mol. The third-order valence-electron chi connectivity index (χ3n) is 2.11. The van der Waals surface area contributed by atoms with Gasteiger partial charge in [-0.3, -0.25) is 9.89 Å². The second-order valence-corrected chi connectivity index (χ2v) is 5.02. The highest BCUT2D eigenvalue weighted by Crippen LogP contribution is 2.20. The van der Waals surface area contributed by atoms with Crippen LogP contribution in [0.2, 0.25) is 5.02 Å². The van der Waals surface area contributed by atoms with E-state index in [-0.39, 0.29) is 16.7 Å². The lowest BCUT2D eigenvalue weighted by Gasteiger charge is -2.04. The number of carbonyl (C=O) groups excluding carboxylic acids is 1. The van der Waals surface area contributed by atoms with Crippen molar-refractivity contribution in [1.82, 2.24) is 15.2 Å². The molecule has 19 heavy (non-hydrogen) atoms. The number of nitrogens with zero attached hydrogens (tertiary/aromatic N) is 2. The van der Waals surface area contributed by atoms with E-state index in [1.54, 1.807) is 6.92 Å². The van der Waals surface area contributed by atoms with Gasteiger partial charge in [0.1, 0.15) is 11.6 Å². The summed E-state index contributed by atoms with van der Waals surface area (Å²) in [7, 11) is 0. The van der Waals surface area contributed by atoms with Crippen LogP contribution in [-0.2, 0) is 4.79 Å². The van der Waals surface area contributed by atoms with Crippen molar-refractivity contribution in [2.24, 2.45) is 0 Å². The predicted molar refractivity (Wildman–Crippen MR) is 71.9 cm³/mol. The molecule has 2 N–H and O–H groups in total. The van der Waals surface area contributed by atoms with E-state index in [1.807, 2.05) is 0 Å². The first kappa shape index (κ1) is 13.8. The number of thioether (sulfide) groups is 1. The average Bonchev–Trinajstić information content (AvgIpc) is 2.77. The molecule has 0 aliphatic carbocycles. The fourth-order valence-corrected chi connectivity index (χ4v) is 2.11. The average molecular weight is 301 g/mol. The predicted octanol–water partition coefficient (Wildman–Crippen LogP) is 2.64. The highest BCUT2D eigenvalue weighted by molar-refractivity contribution is 7.99. The third kappa shape index (κ3) is 3.93. The van der Waals surface area contributed by atoms with Crippen LogP contribution in [0.5, 0.6) is 0 Å². The van der Waals surface area contributed by atoms with Crippen LogP contribution in [-0.4, -0.2) is 26.8 Å². The molecule has 1 aromatic carbocycles. The van der Waals surface area contributed by atoms with Crippen molar-refractivity contribution in [1.29, 1.82) is 0 Å². The molecule has 8 heteroatoms. The molecule has 0 aliphatic rings. The first-order chi connectivity index (χ1) is 9.04. The summed E-state index contributed by atoms with van der Waals surface area (Å²) >= 11 is 6.82. The van der Waals surface area contributed by atoms with Crippen molar-refractivity contribution in [3.05, 3.63) is 34.9 Å². The van der Waals surface area contributed by atoms with Gasteiger partial charge in [-0.05, 0) is 25.1 Å². The Bertz CT molecular complexity index is 604. The molecule has 2 aromatic rings. The van der Waals surface area contributed by atoms with Gasteiger partial charge in [-0.25, -0.2) is 9.37 Å². The first-order valence-corrected chi connectivity index (χ1v) is 6.67. The Morgan fingerprint density at radius 3 is 3.00 bits per heavy atom. The standard InChI is InChI=1S/C11H10ClFN4OS/c1-6-14-11(17-16-6)19-5-10(18)15-7-2-3-9(13)8(12)4-7/h2-4H,5H2,1H3,(H,15,18)(H,14,16,17). The van der Waals surface area contributed by atoms with Crippen LogP contribution >= 0.6 is 23.4 Å². The Kier molecular flexibility index (Phi) is 4.39. The van der Waals surface area contributed by atoms with Gasteiger partial charge in [0.15, 0.2) is 0 Å². The number of hydrogen-bond donors (Lipinski definition) is 2. The Hall–Kier alpha value is -1.60. The smallest absolute Gasteiger partial charge is 0.234 e.